The van der Waals surface area contributed by atoms with E-state index in [-0.39, 0.29) is 11.3 Å². The first-order valence-corrected chi connectivity index (χ1v) is 6.85. The Morgan fingerprint density at radius 2 is 1.90 bits per heavy atom. The summed E-state index contributed by atoms with van der Waals surface area (Å²) in [6, 6.07) is 6.02. The van der Waals surface area contributed by atoms with Crippen molar-refractivity contribution in [1.29, 1.82) is 0 Å². The van der Waals surface area contributed by atoms with E-state index in [0.717, 1.165) is 24.1 Å². The summed E-state index contributed by atoms with van der Waals surface area (Å²) in [7, 11) is 0. The van der Waals surface area contributed by atoms with Gasteiger partial charge in [-0.25, -0.2) is 0 Å². The fourth-order valence-corrected chi connectivity index (χ4v) is 1.79. The number of nitrogens with one attached hydrogen (secondary N) is 1. The van der Waals surface area contributed by atoms with Crippen LogP contribution in [0.15, 0.2) is 30.3 Å². The predicted octanol–water partition coefficient (Wildman–Crippen LogP) is 4.77. The molecule has 0 heterocycles. The topological polar surface area (TPSA) is 21.3 Å². The SMILES string of the molecule is CC(=CCCNC(C)(C)C)c1cccc(OC(F)(F)F)c1. The number of hydrogen-bond donors (Lipinski definition) is 1. The largest absolute Gasteiger partial charge is 0.573 e. The zero-order chi connectivity index (χ0) is 16.1. The maximum absolute atomic E-state index is 12.2. The summed E-state index contributed by atoms with van der Waals surface area (Å²) in [5.74, 6) is -0.194. The van der Waals surface area contributed by atoms with Gasteiger partial charge in [0.25, 0.3) is 0 Å². The molecule has 0 radical (unpaired) electrons. The lowest BCUT2D eigenvalue weighted by Crippen LogP contribution is -2.36. The summed E-state index contributed by atoms with van der Waals surface area (Å²) in [6.45, 7) is 8.95. The van der Waals surface area contributed by atoms with Gasteiger partial charge in [0, 0.05) is 5.54 Å². The van der Waals surface area contributed by atoms with Crippen molar-refractivity contribution in [2.45, 2.75) is 46.0 Å². The van der Waals surface area contributed by atoms with Crippen molar-refractivity contribution in [3.8, 4) is 5.75 Å². The highest BCUT2D eigenvalue weighted by Gasteiger charge is 2.31. The second-order valence-electron chi connectivity index (χ2n) is 5.93. The third kappa shape index (κ3) is 7.75. The first-order chi connectivity index (χ1) is 9.57. The van der Waals surface area contributed by atoms with Crippen LogP contribution in [-0.4, -0.2) is 18.4 Å². The van der Waals surface area contributed by atoms with Crippen LogP contribution < -0.4 is 10.1 Å². The summed E-state index contributed by atoms with van der Waals surface area (Å²) in [6.07, 6.45) is -1.84. The molecule has 0 aromatic heterocycles. The molecule has 1 aromatic rings. The van der Waals surface area contributed by atoms with Gasteiger partial charge in [-0.05, 0) is 63.9 Å². The number of rotatable bonds is 5. The van der Waals surface area contributed by atoms with Gasteiger partial charge in [0.2, 0.25) is 0 Å². The Balaban J connectivity index is 2.65. The molecule has 0 aliphatic carbocycles. The molecule has 0 fully saturated rings. The van der Waals surface area contributed by atoms with Crippen LogP contribution in [-0.2, 0) is 0 Å². The zero-order valence-electron chi connectivity index (χ0n) is 12.8. The van der Waals surface area contributed by atoms with Crippen LogP contribution in [0.25, 0.3) is 5.57 Å². The zero-order valence-corrected chi connectivity index (χ0v) is 12.8. The van der Waals surface area contributed by atoms with Crippen LogP contribution in [0.4, 0.5) is 13.2 Å². The maximum Gasteiger partial charge on any atom is 0.573 e. The molecule has 0 aliphatic rings. The van der Waals surface area contributed by atoms with Crippen LogP contribution in [0.2, 0.25) is 0 Å². The molecule has 0 saturated carbocycles. The van der Waals surface area contributed by atoms with E-state index in [1.807, 2.05) is 13.0 Å². The third-order valence-electron chi connectivity index (χ3n) is 2.77. The first-order valence-electron chi connectivity index (χ1n) is 6.85. The van der Waals surface area contributed by atoms with Crippen molar-refractivity contribution in [3.63, 3.8) is 0 Å². The second kappa shape index (κ2) is 6.98. The standard InChI is InChI=1S/C16H22F3NO/c1-12(7-6-10-20-15(2,3)4)13-8-5-9-14(11-13)21-16(17,18)19/h5,7-9,11,20H,6,10H2,1-4H3. The smallest absolute Gasteiger partial charge is 0.406 e. The Morgan fingerprint density at radius 1 is 1.24 bits per heavy atom. The lowest BCUT2D eigenvalue weighted by Gasteiger charge is -2.19. The molecule has 21 heavy (non-hydrogen) atoms. The van der Waals surface area contributed by atoms with Gasteiger partial charge in [0.15, 0.2) is 0 Å². The number of hydrogen-bond acceptors (Lipinski definition) is 2. The highest BCUT2D eigenvalue weighted by Crippen LogP contribution is 2.25. The minimum absolute atomic E-state index is 0.0577. The summed E-state index contributed by atoms with van der Waals surface area (Å²) < 4.78 is 40.5. The van der Waals surface area contributed by atoms with Gasteiger partial charge < -0.3 is 10.1 Å². The number of alkyl halides is 3. The van der Waals surface area contributed by atoms with Crippen LogP contribution in [0, 0.1) is 0 Å². The van der Waals surface area contributed by atoms with Crippen molar-refractivity contribution >= 4 is 5.57 Å². The highest BCUT2D eigenvalue weighted by atomic mass is 19.4. The average Bonchev–Trinajstić information content (AvgIpc) is 2.31. The van der Waals surface area contributed by atoms with Crippen LogP contribution in [0.3, 0.4) is 0 Å². The van der Waals surface area contributed by atoms with Crippen LogP contribution in [0.5, 0.6) is 5.75 Å². The molecule has 118 valence electrons. The van der Waals surface area contributed by atoms with Gasteiger partial charge >= 0.3 is 6.36 Å². The molecule has 0 atom stereocenters. The Kier molecular flexibility index (Phi) is 5.84. The van der Waals surface area contributed by atoms with Crippen molar-refractivity contribution in [1.82, 2.24) is 5.32 Å². The van der Waals surface area contributed by atoms with Crippen LogP contribution >= 0.6 is 0 Å². The molecule has 0 bridgehead atoms. The summed E-state index contributed by atoms with van der Waals surface area (Å²) in [5.41, 5.74) is 1.72. The van der Waals surface area contributed by atoms with Gasteiger partial charge in [-0.15, -0.1) is 13.2 Å². The molecule has 0 spiro atoms. The second-order valence-corrected chi connectivity index (χ2v) is 5.93. The third-order valence-corrected chi connectivity index (χ3v) is 2.77. The molecule has 0 amide bonds. The van der Waals surface area contributed by atoms with Crippen molar-refractivity contribution in [2.75, 3.05) is 6.54 Å². The molecule has 2 nitrogen and oxygen atoms in total. The average molecular weight is 301 g/mol. The van der Waals surface area contributed by atoms with Crippen molar-refractivity contribution in [3.05, 3.63) is 35.9 Å². The maximum atomic E-state index is 12.2. The van der Waals surface area contributed by atoms with Gasteiger partial charge in [-0.1, -0.05) is 18.2 Å². The lowest BCUT2D eigenvalue weighted by atomic mass is 10.1. The predicted molar refractivity (Wildman–Crippen MR) is 79.1 cm³/mol. The molecule has 1 N–H and O–H groups in total. The fourth-order valence-electron chi connectivity index (χ4n) is 1.79. The molecule has 1 rings (SSSR count). The van der Waals surface area contributed by atoms with E-state index in [9.17, 15) is 13.2 Å². The van der Waals surface area contributed by atoms with Crippen molar-refractivity contribution < 1.29 is 17.9 Å². The van der Waals surface area contributed by atoms with E-state index in [1.165, 1.54) is 12.1 Å². The van der Waals surface area contributed by atoms with Crippen molar-refractivity contribution in [2.24, 2.45) is 0 Å². The van der Waals surface area contributed by atoms with E-state index in [0.29, 0.717) is 0 Å². The van der Waals surface area contributed by atoms with E-state index in [1.54, 1.807) is 12.1 Å². The Labute approximate surface area is 124 Å². The number of benzene rings is 1. The minimum Gasteiger partial charge on any atom is -0.406 e. The quantitative estimate of drug-likeness (QED) is 0.791. The fraction of sp³-hybridized carbons (Fsp3) is 0.500. The normalized spacial score (nSPS) is 13.4. The highest BCUT2D eigenvalue weighted by molar-refractivity contribution is 5.64. The molecule has 0 aliphatic heterocycles. The lowest BCUT2D eigenvalue weighted by molar-refractivity contribution is -0.274. The number of halogens is 3. The Bertz CT molecular complexity index is 487. The Hall–Kier alpha value is -1.49. The van der Waals surface area contributed by atoms with E-state index in [4.69, 9.17) is 0 Å². The first kappa shape index (κ1) is 17.6. The van der Waals surface area contributed by atoms with E-state index >= 15 is 0 Å². The van der Waals surface area contributed by atoms with E-state index in [2.05, 4.69) is 30.8 Å². The summed E-state index contributed by atoms with van der Waals surface area (Å²) in [5, 5.41) is 3.35. The molecular formula is C16H22F3NO. The number of ether oxygens (including phenoxy) is 1. The Morgan fingerprint density at radius 3 is 2.48 bits per heavy atom. The van der Waals surface area contributed by atoms with Gasteiger partial charge in [-0.3, -0.25) is 0 Å². The molecular weight excluding hydrogens is 279 g/mol. The summed E-state index contributed by atoms with van der Waals surface area (Å²) >= 11 is 0. The minimum atomic E-state index is -4.66. The van der Waals surface area contributed by atoms with E-state index < -0.39 is 6.36 Å². The van der Waals surface area contributed by atoms with Gasteiger partial charge in [0.1, 0.15) is 5.75 Å². The molecule has 5 heteroatoms. The number of allylic oxidation sites excluding steroid dienone is 1. The molecule has 0 saturated heterocycles. The monoisotopic (exact) mass is 301 g/mol. The van der Waals surface area contributed by atoms with Gasteiger partial charge in [-0.2, -0.15) is 0 Å². The molecule has 0 unspecified atom stereocenters. The van der Waals surface area contributed by atoms with Gasteiger partial charge in [0.05, 0.1) is 0 Å². The molecule has 1 aromatic carbocycles. The van der Waals surface area contributed by atoms with Crippen LogP contribution in [0.1, 0.15) is 39.7 Å². The summed E-state index contributed by atoms with van der Waals surface area (Å²) in [4.78, 5) is 0.